The lowest BCUT2D eigenvalue weighted by molar-refractivity contribution is -0.386. The van der Waals surface area contributed by atoms with Crippen molar-refractivity contribution in [2.75, 3.05) is 5.32 Å². The first-order valence-electron chi connectivity index (χ1n) is 11.4. The minimum absolute atomic E-state index is 0.0491. The summed E-state index contributed by atoms with van der Waals surface area (Å²) in [5, 5.41) is 14.5. The highest BCUT2D eigenvalue weighted by atomic mass is 16.6. The maximum absolute atomic E-state index is 12.6. The van der Waals surface area contributed by atoms with Gasteiger partial charge in [0, 0.05) is 11.8 Å². The van der Waals surface area contributed by atoms with Crippen LogP contribution in [0.3, 0.4) is 0 Å². The minimum Gasteiger partial charge on any atom is -0.482 e. The van der Waals surface area contributed by atoms with E-state index in [9.17, 15) is 14.9 Å². The van der Waals surface area contributed by atoms with Gasteiger partial charge in [0.2, 0.25) is 5.91 Å². The number of nitrogens with zero attached hydrogens (tertiary/aromatic N) is 1. The smallest absolute Gasteiger partial charge is 0.311 e. The number of amides is 1. The minimum atomic E-state index is -0.477. The van der Waals surface area contributed by atoms with E-state index < -0.39 is 4.92 Å². The van der Waals surface area contributed by atoms with E-state index in [-0.39, 0.29) is 30.4 Å². The van der Waals surface area contributed by atoms with Crippen molar-refractivity contribution in [1.82, 2.24) is 0 Å². The topological polar surface area (TPSA) is 81.5 Å². The second kappa shape index (κ2) is 10.8. The molecule has 33 heavy (non-hydrogen) atoms. The van der Waals surface area contributed by atoms with Gasteiger partial charge in [-0.3, -0.25) is 14.9 Å². The number of hydrogen-bond acceptors (Lipinski definition) is 4. The van der Waals surface area contributed by atoms with E-state index in [0.29, 0.717) is 11.5 Å². The van der Waals surface area contributed by atoms with Crippen LogP contribution < -0.4 is 10.1 Å². The molecule has 0 radical (unpaired) electrons. The largest absolute Gasteiger partial charge is 0.482 e. The molecule has 1 N–H and O–H groups in total. The number of nitrogens with one attached hydrogen (secondary N) is 1. The van der Waals surface area contributed by atoms with Crippen LogP contribution >= 0.6 is 0 Å². The SMILES string of the molecule is O=C(Cc1ccc(OCc2ccccc2)c([N+](=O)[O-])c1)Nc1cccc(C2CCCCC2)c1. The van der Waals surface area contributed by atoms with Crippen molar-refractivity contribution in [2.45, 2.75) is 51.0 Å². The predicted octanol–water partition coefficient (Wildman–Crippen LogP) is 6.40. The third kappa shape index (κ3) is 6.19. The molecule has 0 spiro atoms. The quantitative estimate of drug-likeness (QED) is 0.322. The lowest BCUT2D eigenvalue weighted by Gasteiger charge is -2.22. The number of rotatable bonds is 8. The molecule has 0 unspecified atom stereocenters. The summed E-state index contributed by atoms with van der Waals surface area (Å²) in [7, 11) is 0. The van der Waals surface area contributed by atoms with E-state index in [2.05, 4.69) is 17.4 Å². The van der Waals surface area contributed by atoms with E-state index >= 15 is 0 Å². The Hall–Kier alpha value is -3.67. The number of benzene rings is 3. The molecule has 4 rings (SSSR count). The third-order valence-corrected chi connectivity index (χ3v) is 6.07. The van der Waals surface area contributed by atoms with Crippen LogP contribution in [0.1, 0.15) is 54.7 Å². The standard InChI is InChI=1S/C27H28N2O4/c30-27(28-24-13-7-12-23(18-24)22-10-5-2-6-11-22)17-21-14-15-26(25(16-21)29(31)32)33-19-20-8-3-1-4-9-20/h1,3-4,7-9,12-16,18,22H,2,5-6,10-11,17,19H2,(H,28,30). The summed E-state index contributed by atoms with van der Waals surface area (Å²) < 4.78 is 5.67. The van der Waals surface area contributed by atoms with Gasteiger partial charge in [-0.25, -0.2) is 0 Å². The van der Waals surface area contributed by atoms with E-state index in [0.717, 1.165) is 11.3 Å². The van der Waals surface area contributed by atoms with Gasteiger partial charge in [-0.1, -0.05) is 67.8 Å². The molecule has 1 saturated carbocycles. The van der Waals surface area contributed by atoms with Crippen molar-refractivity contribution in [3.05, 3.63) is 99.6 Å². The zero-order valence-electron chi connectivity index (χ0n) is 18.5. The van der Waals surface area contributed by atoms with Gasteiger partial charge in [0.25, 0.3) is 0 Å². The molecule has 0 atom stereocenters. The molecular weight excluding hydrogens is 416 g/mol. The molecule has 1 fully saturated rings. The number of nitro benzene ring substituents is 1. The van der Waals surface area contributed by atoms with E-state index in [1.807, 2.05) is 42.5 Å². The van der Waals surface area contributed by atoms with Gasteiger partial charge < -0.3 is 10.1 Å². The molecule has 170 valence electrons. The molecule has 6 heteroatoms. The van der Waals surface area contributed by atoms with Crippen LogP contribution in [0, 0.1) is 10.1 Å². The zero-order valence-corrected chi connectivity index (χ0v) is 18.5. The van der Waals surface area contributed by atoms with Crippen LogP contribution in [0.2, 0.25) is 0 Å². The summed E-state index contributed by atoms with van der Waals surface area (Å²) in [6, 6.07) is 22.2. The van der Waals surface area contributed by atoms with Crippen molar-refractivity contribution < 1.29 is 14.5 Å². The van der Waals surface area contributed by atoms with Gasteiger partial charge in [0.15, 0.2) is 5.75 Å². The molecule has 0 aliphatic heterocycles. The summed E-state index contributed by atoms with van der Waals surface area (Å²) >= 11 is 0. The average molecular weight is 445 g/mol. The summed E-state index contributed by atoms with van der Waals surface area (Å²) in [5.41, 5.74) is 3.37. The second-order valence-electron chi connectivity index (χ2n) is 8.52. The Labute approximate surface area is 193 Å². The van der Waals surface area contributed by atoms with Gasteiger partial charge in [-0.15, -0.1) is 0 Å². The summed E-state index contributed by atoms with van der Waals surface area (Å²) in [4.78, 5) is 23.7. The van der Waals surface area contributed by atoms with Gasteiger partial charge in [-0.2, -0.15) is 0 Å². The molecule has 3 aromatic rings. The fourth-order valence-corrected chi connectivity index (χ4v) is 4.37. The van der Waals surface area contributed by atoms with Gasteiger partial charge in [-0.05, 0) is 53.6 Å². The van der Waals surface area contributed by atoms with Crippen molar-refractivity contribution in [1.29, 1.82) is 0 Å². The lowest BCUT2D eigenvalue weighted by Crippen LogP contribution is -2.15. The molecule has 0 saturated heterocycles. The Balaban J connectivity index is 1.40. The number of carbonyl (C=O) groups is 1. The Morgan fingerprint density at radius 2 is 1.73 bits per heavy atom. The van der Waals surface area contributed by atoms with Crippen molar-refractivity contribution in [3.63, 3.8) is 0 Å². The van der Waals surface area contributed by atoms with E-state index in [1.54, 1.807) is 12.1 Å². The second-order valence-corrected chi connectivity index (χ2v) is 8.52. The number of ether oxygens (including phenoxy) is 1. The summed E-state index contributed by atoms with van der Waals surface area (Å²) in [6.45, 7) is 0.235. The first-order valence-corrected chi connectivity index (χ1v) is 11.4. The molecular formula is C27H28N2O4. The zero-order chi connectivity index (χ0) is 23.0. The fraction of sp³-hybridized carbons (Fsp3) is 0.296. The lowest BCUT2D eigenvalue weighted by atomic mass is 9.84. The summed E-state index contributed by atoms with van der Waals surface area (Å²) in [5.74, 6) is 0.540. The maximum atomic E-state index is 12.6. The van der Waals surface area contributed by atoms with Crippen LogP contribution in [0.25, 0.3) is 0 Å². The van der Waals surface area contributed by atoms with Crippen LogP contribution in [0.5, 0.6) is 5.75 Å². The number of carbonyl (C=O) groups excluding carboxylic acids is 1. The molecule has 1 amide bonds. The Bertz CT molecular complexity index is 1110. The van der Waals surface area contributed by atoms with Crippen LogP contribution in [-0.2, 0) is 17.8 Å². The fourth-order valence-electron chi connectivity index (χ4n) is 4.37. The van der Waals surface area contributed by atoms with Crippen LogP contribution in [0.4, 0.5) is 11.4 Å². The van der Waals surface area contributed by atoms with Crippen molar-refractivity contribution in [2.24, 2.45) is 0 Å². The normalized spacial score (nSPS) is 13.9. The Morgan fingerprint density at radius 1 is 0.939 bits per heavy atom. The molecule has 0 heterocycles. The van der Waals surface area contributed by atoms with Gasteiger partial charge >= 0.3 is 5.69 Å². The predicted molar refractivity (Wildman–Crippen MR) is 128 cm³/mol. The Morgan fingerprint density at radius 3 is 2.48 bits per heavy atom. The van der Waals surface area contributed by atoms with Crippen LogP contribution in [0.15, 0.2) is 72.8 Å². The molecule has 6 nitrogen and oxygen atoms in total. The van der Waals surface area contributed by atoms with Gasteiger partial charge in [0.05, 0.1) is 11.3 Å². The highest BCUT2D eigenvalue weighted by Crippen LogP contribution is 2.33. The van der Waals surface area contributed by atoms with E-state index in [4.69, 9.17) is 4.74 Å². The molecule has 0 aromatic heterocycles. The first kappa shape index (κ1) is 22.5. The van der Waals surface area contributed by atoms with Gasteiger partial charge in [0.1, 0.15) is 6.61 Å². The highest BCUT2D eigenvalue weighted by Gasteiger charge is 2.18. The maximum Gasteiger partial charge on any atom is 0.311 e. The van der Waals surface area contributed by atoms with E-state index in [1.165, 1.54) is 43.7 Å². The third-order valence-electron chi connectivity index (χ3n) is 6.07. The highest BCUT2D eigenvalue weighted by molar-refractivity contribution is 5.92. The van der Waals surface area contributed by atoms with Crippen LogP contribution in [-0.4, -0.2) is 10.8 Å². The average Bonchev–Trinajstić information content (AvgIpc) is 2.84. The molecule has 0 bridgehead atoms. The monoisotopic (exact) mass is 444 g/mol. The summed E-state index contributed by atoms with van der Waals surface area (Å²) in [6.07, 6.45) is 6.25. The first-order chi connectivity index (χ1) is 16.1. The van der Waals surface area contributed by atoms with Crippen molar-refractivity contribution >= 4 is 17.3 Å². The molecule has 3 aromatic carbocycles. The Kier molecular flexibility index (Phi) is 7.35. The number of nitro groups is 1. The molecule has 1 aliphatic rings. The molecule has 1 aliphatic carbocycles. The number of hydrogen-bond donors (Lipinski definition) is 1. The van der Waals surface area contributed by atoms with Crippen molar-refractivity contribution in [3.8, 4) is 5.75 Å². The number of anilines is 1.